The van der Waals surface area contributed by atoms with Crippen molar-refractivity contribution in [3.63, 3.8) is 0 Å². The predicted molar refractivity (Wildman–Crippen MR) is 77.8 cm³/mol. The average Bonchev–Trinajstić information content (AvgIpc) is 2.48. The molecule has 0 aliphatic rings. The largest absolute Gasteiger partial charge is 0.478 e. The standard InChI is InChI=1S/C15H15N3O3/c16-13(10-4-2-1-3-5-10)7-14(19)18-12-6-11(15(20)21)8-17-9-12/h1-6,8-9,13H,7,16H2,(H,18,19)(H,20,21). The summed E-state index contributed by atoms with van der Waals surface area (Å²) < 4.78 is 0. The van der Waals surface area contributed by atoms with Gasteiger partial charge in [-0.2, -0.15) is 0 Å². The average molecular weight is 285 g/mol. The van der Waals surface area contributed by atoms with E-state index in [9.17, 15) is 9.59 Å². The zero-order valence-corrected chi connectivity index (χ0v) is 11.2. The molecule has 1 aromatic carbocycles. The van der Waals surface area contributed by atoms with Crippen LogP contribution in [0.2, 0.25) is 0 Å². The SMILES string of the molecule is NC(CC(=O)Nc1cncc(C(=O)O)c1)c1ccccc1. The van der Waals surface area contributed by atoms with Crippen molar-refractivity contribution in [3.05, 3.63) is 59.9 Å². The lowest BCUT2D eigenvalue weighted by Crippen LogP contribution is -2.20. The first-order chi connectivity index (χ1) is 10.1. The fourth-order valence-electron chi connectivity index (χ4n) is 1.86. The Balaban J connectivity index is 1.99. The second-order valence-electron chi connectivity index (χ2n) is 4.54. The fraction of sp³-hybridized carbons (Fsp3) is 0.133. The molecule has 2 rings (SSSR count). The third-order valence-electron chi connectivity index (χ3n) is 2.90. The number of nitrogens with two attached hydrogens (primary N) is 1. The number of aromatic carboxylic acids is 1. The van der Waals surface area contributed by atoms with Gasteiger partial charge in [0, 0.05) is 18.7 Å². The molecular weight excluding hydrogens is 270 g/mol. The Bertz CT molecular complexity index is 644. The molecule has 0 aliphatic carbocycles. The number of nitrogens with zero attached hydrogens (tertiary/aromatic N) is 1. The van der Waals surface area contributed by atoms with Crippen molar-refractivity contribution in [1.82, 2.24) is 4.98 Å². The maximum atomic E-state index is 11.9. The molecule has 0 saturated heterocycles. The van der Waals surface area contributed by atoms with E-state index in [2.05, 4.69) is 10.3 Å². The van der Waals surface area contributed by atoms with E-state index < -0.39 is 12.0 Å². The molecule has 0 fully saturated rings. The maximum absolute atomic E-state index is 11.9. The van der Waals surface area contributed by atoms with Crippen molar-refractivity contribution in [3.8, 4) is 0 Å². The van der Waals surface area contributed by atoms with E-state index in [4.69, 9.17) is 10.8 Å². The molecule has 0 spiro atoms. The number of benzene rings is 1. The third kappa shape index (κ3) is 4.12. The minimum atomic E-state index is -1.10. The Morgan fingerprint density at radius 2 is 1.95 bits per heavy atom. The number of aromatic nitrogens is 1. The number of carbonyl (C=O) groups excluding carboxylic acids is 1. The van der Waals surface area contributed by atoms with Gasteiger partial charge in [0.15, 0.2) is 0 Å². The molecule has 0 aliphatic heterocycles. The van der Waals surface area contributed by atoms with E-state index in [-0.39, 0.29) is 17.9 Å². The topological polar surface area (TPSA) is 105 Å². The quantitative estimate of drug-likeness (QED) is 0.777. The Morgan fingerprint density at radius 3 is 2.62 bits per heavy atom. The number of carboxylic acids is 1. The molecule has 4 N–H and O–H groups in total. The van der Waals surface area contributed by atoms with Gasteiger partial charge in [-0.3, -0.25) is 9.78 Å². The minimum absolute atomic E-state index is 0.0140. The van der Waals surface area contributed by atoms with Crippen LogP contribution < -0.4 is 11.1 Å². The Kier molecular flexibility index (Phi) is 4.63. The molecule has 0 radical (unpaired) electrons. The van der Waals surface area contributed by atoms with Crippen molar-refractivity contribution in [2.45, 2.75) is 12.5 Å². The highest BCUT2D eigenvalue weighted by molar-refractivity contribution is 5.93. The molecule has 1 unspecified atom stereocenters. The number of nitrogens with one attached hydrogen (secondary N) is 1. The monoisotopic (exact) mass is 285 g/mol. The van der Waals surface area contributed by atoms with E-state index in [0.29, 0.717) is 5.69 Å². The van der Waals surface area contributed by atoms with Crippen molar-refractivity contribution < 1.29 is 14.7 Å². The van der Waals surface area contributed by atoms with Crippen molar-refractivity contribution in [1.29, 1.82) is 0 Å². The third-order valence-corrected chi connectivity index (χ3v) is 2.90. The van der Waals surface area contributed by atoms with Gasteiger partial charge in [-0.15, -0.1) is 0 Å². The summed E-state index contributed by atoms with van der Waals surface area (Å²) in [4.78, 5) is 26.5. The summed E-state index contributed by atoms with van der Waals surface area (Å²) in [6.07, 6.45) is 2.70. The molecule has 1 aromatic heterocycles. The van der Waals surface area contributed by atoms with Gasteiger partial charge in [0.05, 0.1) is 17.4 Å². The summed E-state index contributed by atoms with van der Waals surface area (Å²) in [5.41, 5.74) is 7.17. The molecule has 6 nitrogen and oxygen atoms in total. The van der Waals surface area contributed by atoms with Crippen molar-refractivity contribution in [2.75, 3.05) is 5.32 Å². The van der Waals surface area contributed by atoms with Gasteiger partial charge in [0.1, 0.15) is 0 Å². The van der Waals surface area contributed by atoms with E-state index in [1.807, 2.05) is 30.3 Å². The lowest BCUT2D eigenvalue weighted by atomic mass is 10.0. The Hall–Kier alpha value is -2.73. The zero-order valence-electron chi connectivity index (χ0n) is 11.2. The van der Waals surface area contributed by atoms with E-state index >= 15 is 0 Å². The van der Waals surface area contributed by atoms with Crippen LogP contribution in [-0.4, -0.2) is 22.0 Å². The number of amides is 1. The Labute approximate surface area is 121 Å². The highest BCUT2D eigenvalue weighted by Crippen LogP contribution is 2.15. The molecule has 1 atom stereocenters. The van der Waals surface area contributed by atoms with Gasteiger partial charge in [-0.25, -0.2) is 4.79 Å². The van der Waals surface area contributed by atoms with Gasteiger partial charge in [-0.1, -0.05) is 30.3 Å². The van der Waals surface area contributed by atoms with Crippen LogP contribution in [0.3, 0.4) is 0 Å². The number of pyridine rings is 1. The summed E-state index contributed by atoms with van der Waals surface area (Å²) in [6, 6.07) is 10.2. The number of hydrogen-bond acceptors (Lipinski definition) is 4. The summed E-state index contributed by atoms with van der Waals surface area (Å²) in [7, 11) is 0. The lowest BCUT2D eigenvalue weighted by molar-refractivity contribution is -0.116. The maximum Gasteiger partial charge on any atom is 0.337 e. The molecule has 1 amide bonds. The highest BCUT2D eigenvalue weighted by Gasteiger charge is 2.12. The van der Waals surface area contributed by atoms with Crippen LogP contribution in [0, 0.1) is 0 Å². The summed E-state index contributed by atoms with van der Waals surface area (Å²) in [5, 5.41) is 11.5. The van der Waals surface area contributed by atoms with Crippen LogP contribution in [-0.2, 0) is 4.79 Å². The van der Waals surface area contributed by atoms with E-state index in [1.165, 1.54) is 18.5 Å². The summed E-state index contributed by atoms with van der Waals surface area (Å²) in [6.45, 7) is 0. The van der Waals surface area contributed by atoms with E-state index in [1.54, 1.807) is 0 Å². The molecule has 108 valence electrons. The molecule has 2 aromatic rings. The van der Waals surface area contributed by atoms with Crippen molar-refractivity contribution in [2.24, 2.45) is 5.73 Å². The molecular formula is C15H15N3O3. The molecule has 0 bridgehead atoms. The summed E-state index contributed by atoms with van der Waals surface area (Å²) >= 11 is 0. The minimum Gasteiger partial charge on any atom is -0.478 e. The first kappa shape index (κ1) is 14.7. The molecule has 21 heavy (non-hydrogen) atoms. The fourth-order valence-corrected chi connectivity index (χ4v) is 1.86. The normalized spacial score (nSPS) is 11.7. The van der Waals surface area contributed by atoms with Crippen molar-refractivity contribution >= 4 is 17.6 Å². The van der Waals surface area contributed by atoms with Crippen LogP contribution in [0.15, 0.2) is 48.8 Å². The lowest BCUT2D eigenvalue weighted by Gasteiger charge is -2.12. The number of rotatable bonds is 5. The van der Waals surface area contributed by atoms with Crippen LogP contribution in [0.25, 0.3) is 0 Å². The number of carboxylic acid groups (broad SMARTS) is 1. The van der Waals surface area contributed by atoms with Crippen LogP contribution in [0.5, 0.6) is 0 Å². The van der Waals surface area contributed by atoms with Gasteiger partial charge < -0.3 is 16.2 Å². The zero-order chi connectivity index (χ0) is 15.2. The van der Waals surface area contributed by atoms with Crippen LogP contribution in [0.4, 0.5) is 5.69 Å². The molecule has 6 heteroatoms. The second kappa shape index (κ2) is 6.62. The smallest absolute Gasteiger partial charge is 0.337 e. The van der Waals surface area contributed by atoms with E-state index in [0.717, 1.165) is 5.56 Å². The first-order valence-corrected chi connectivity index (χ1v) is 6.35. The van der Waals surface area contributed by atoms with Crippen LogP contribution >= 0.6 is 0 Å². The second-order valence-corrected chi connectivity index (χ2v) is 4.54. The number of hydrogen-bond donors (Lipinski definition) is 3. The number of anilines is 1. The van der Waals surface area contributed by atoms with Crippen LogP contribution in [0.1, 0.15) is 28.4 Å². The van der Waals surface area contributed by atoms with Gasteiger partial charge in [-0.05, 0) is 11.6 Å². The number of carbonyl (C=O) groups is 2. The predicted octanol–water partition coefficient (Wildman–Crippen LogP) is 1.81. The van der Waals surface area contributed by atoms with Gasteiger partial charge >= 0.3 is 5.97 Å². The first-order valence-electron chi connectivity index (χ1n) is 6.35. The summed E-state index contributed by atoms with van der Waals surface area (Å²) in [5.74, 6) is -1.39. The highest BCUT2D eigenvalue weighted by atomic mass is 16.4. The Morgan fingerprint density at radius 1 is 1.24 bits per heavy atom. The van der Waals surface area contributed by atoms with Gasteiger partial charge in [0.2, 0.25) is 5.91 Å². The van der Waals surface area contributed by atoms with Gasteiger partial charge in [0.25, 0.3) is 0 Å². The molecule has 0 saturated carbocycles. The molecule has 1 heterocycles.